The number of esters is 2. The number of carbonyl (C=O) groups is 2. The smallest absolute Gasteiger partial charge is 0.311 e. The van der Waals surface area contributed by atoms with Crippen LogP contribution >= 0.6 is 11.6 Å². The van der Waals surface area contributed by atoms with Crippen molar-refractivity contribution in [2.45, 2.75) is 59.8 Å². The second-order valence-electron chi connectivity index (χ2n) is 10.5. The molecule has 10 heteroatoms. The van der Waals surface area contributed by atoms with Gasteiger partial charge in [0.2, 0.25) is 0 Å². The first-order valence-corrected chi connectivity index (χ1v) is 14.2. The molecule has 0 spiro atoms. The predicted molar refractivity (Wildman–Crippen MR) is 166 cm³/mol. The summed E-state index contributed by atoms with van der Waals surface area (Å²) in [7, 11) is 0. The molecule has 3 rings (SSSR count). The molecule has 0 aromatic carbocycles. The van der Waals surface area contributed by atoms with Gasteiger partial charge in [-0.25, -0.2) is 4.73 Å². The Hall–Kier alpha value is -2.81. The summed E-state index contributed by atoms with van der Waals surface area (Å²) in [6.45, 7) is 15.4. The van der Waals surface area contributed by atoms with Crippen molar-refractivity contribution < 1.29 is 56.5 Å². The Kier molecular flexibility index (Phi) is 19.6. The maximum Gasteiger partial charge on any atom is 0.311 e. The summed E-state index contributed by atoms with van der Waals surface area (Å²) < 4.78 is 10.8. The van der Waals surface area contributed by atoms with E-state index in [0.29, 0.717) is 26.1 Å². The van der Waals surface area contributed by atoms with E-state index in [2.05, 4.69) is 16.5 Å². The third-order valence-corrected chi connectivity index (χ3v) is 6.44. The van der Waals surface area contributed by atoms with Crippen molar-refractivity contribution in [3.63, 3.8) is 0 Å². The molecule has 231 valence electrons. The van der Waals surface area contributed by atoms with E-state index >= 15 is 0 Å². The van der Waals surface area contributed by atoms with Crippen LogP contribution in [0.5, 0.6) is 0 Å². The minimum Gasteiger partial charge on any atom is -0.620 e. The zero-order chi connectivity index (χ0) is 31.6. The van der Waals surface area contributed by atoms with Gasteiger partial charge in [0.05, 0.1) is 29.4 Å². The normalized spacial score (nSPS) is 11.1. The quantitative estimate of drug-likeness (QED) is 0.0710. The molecule has 0 saturated heterocycles. The number of aromatic nitrogens is 3. The number of halogens is 1. The monoisotopic (exact) mass is 685 g/mol. The molecule has 1 radical (unpaired) electrons. The van der Waals surface area contributed by atoms with Gasteiger partial charge in [-0.3, -0.25) is 19.6 Å². The number of rotatable bonds is 11. The van der Waals surface area contributed by atoms with Gasteiger partial charge in [-0.05, 0) is 69.5 Å². The Morgan fingerprint density at radius 1 is 0.930 bits per heavy atom. The van der Waals surface area contributed by atoms with Crippen LogP contribution in [0.1, 0.15) is 76.5 Å². The molecule has 3 heterocycles. The zero-order valence-electron chi connectivity index (χ0n) is 26.0. The minimum atomic E-state index is -0.578. The van der Waals surface area contributed by atoms with Gasteiger partial charge >= 0.3 is 11.9 Å². The summed E-state index contributed by atoms with van der Waals surface area (Å²) in [6, 6.07) is 11.0. The minimum absolute atomic E-state index is 0. The molecular formula is C33H43ClN3O5Y-. The van der Waals surface area contributed by atoms with E-state index in [1.807, 2.05) is 58.4 Å². The summed E-state index contributed by atoms with van der Waals surface area (Å²) in [6.07, 6.45) is 14.6. The van der Waals surface area contributed by atoms with Crippen LogP contribution in [0.2, 0.25) is 0 Å². The molecule has 1 unspecified atom stereocenters. The number of ether oxygens (including phenoxy) is 2. The van der Waals surface area contributed by atoms with Crippen molar-refractivity contribution in [3.8, 4) is 0 Å². The van der Waals surface area contributed by atoms with Crippen LogP contribution in [-0.4, -0.2) is 35.1 Å². The molecule has 0 aliphatic carbocycles. The van der Waals surface area contributed by atoms with E-state index in [1.54, 1.807) is 56.8 Å². The molecule has 0 fully saturated rings. The third-order valence-electron chi connectivity index (χ3n) is 6.03. The SMILES string of the molecule is C=Cc1ccncc1.CCOC(=O)C(C)(C)CC(Cl)c1ccncc1.CCOC(=O)C(C)(C)C[CH-]c1cc[n+]([O-])cc1.[Y]. The number of carbonyl (C=O) groups excluding carboxylic acids is 2. The van der Waals surface area contributed by atoms with Crippen LogP contribution in [0.25, 0.3) is 6.08 Å². The van der Waals surface area contributed by atoms with Crippen LogP contribution in [0.3, 0.4) is 0 Å². The average Bonchev–Trinajstić information content (AvgIpc) is 2.98. The molecule has 3 aromatic heterocycles. The number of alkyl halides is 1. The summed E-state index contributed by atoms with van der Waals surface area (Å²) in [5, 5.41) is 10.6. The van der Waals surface area contributed by atoms with E-state index in [-0.39, 0.29) is 50.0 Å². The van der Waals surface area contributed by atoms with E-state index in [0.717, 1.165) is 21.4 Å². The maximum absolute atomic E-state index is 11.7. The molecule has 43 heavy (non-hydrogen) atoms. The van der Waals surface area contributed by atoms with Gasteiger partial charge < -0.3 is 14.7 Å². The molecule has 0 aliphatic rings. The molecule has 1 atom stereocenters. The topological polar surface area (TPSA) is 105 Å². The van der Waals surface area contributed by atoms with Gasteiger partial charge in [-0.1, -0.05) is 45.1 Å². The van der Waals surface area contributed by atoms with Crippen LogP contribution in [0.4, 0.5) is 0 Å². The van der Waals surface area contributed by atoms with Crippen molar-refractivity contribution >= 4 is 29.6 Å². The Balaban J connectivity index is 0.000000645. The Morgan fingerprint density at radius 2 is 1.40 bits per heavy atom. The standard InChI is InChI=1S/C13H18ClNO2.C13H18NO3.C7H7N.Y/c1-4-17-12(16)13(2,3)9-11(14)10-5-7-15-8-6-10;1-4-17-12(15)13(2,3)8-5-11-6-9-14(16)10-7-11;1-2-7-3-5-8-6-4-7;/h5-8,11H,4,9H2,1-3H3;5-7,9-10H,4,8H2,1-3H3;2-6H,1H2;/q;-1;;. The van der Waals surface area contributed by atoms with Gasteiger partial charge in [0.1, 0.15) is 12.4 Å². The molecule has 8 nitrogen and oxygen atoms in total. The third kappa shape index (κ3) is 16.0. The first-order chi connectivity index (χ1) is 19.9. The van der Waals surface area contributed by atoms with Crippen molar-refractivity contribution in [2.75, 3.05) is 13.2 Å². The summed E-state index contributed by atoms with van der Waals surface area (Å²) in [4.78, 5) is 31.2. The predicted octanol–water partition coefficient (Wildman–Crippen LogP) is 6.91. The largest absolute Gasteiger partial charge is 0.620 e. The average molecular weight is 686 g/mol. The second-order valence-corrected chi connectivity index (χ2v) is 11.1. The van der Waals surface area contributed by atoms with Gasteiger partial charge in [0.25, 0.3) is 0 Å². The summed E-state index contributed by atoms with van der Waals surface area (Å²) >= 11 is 6.30. The number of pyridine rings is 3. The van der Waals surface area contributed by atoms with Crippen molar-refractivity contribution in [2.24, 2.45) is 10.8 Å². The molecule has 3 aromatic rings. The van der Waals surface area contributed by atoms with Crippen molar-refractivity contribution in [3.05, 3.63) is 108 Å². The first kappa shape index (κ1) is 40.2. The summed E-state index contributed by atoms with van der Waals surface area (Å²) in [5.74, 6) is -0.411. The van der Waals surface area contributed by atoms with Gasteiger partial charge in [-0.15, -0.1) is 11.6 Å². The molecule has 0 N–H and O–H groups in total. The molecule has 0 amide bonds. The van der Waals surface area contributed by atoms with E-state index in [9.17, 15) is 14.8 Å². The Morgan fingerprint density at radius 3 is 1.84 bits per heavy atom. The van der Waals surface area contributed by atoms with Gasteiger partial charge in [-0.2, -0.15) is 12.0 Å². The van der Waals surface area contributed by atoms with Crippen molar-refractivity contribution in [1.82, 2.24) is 9.97 Å². The fourth-order valence-electron chi connectivity index (χ4n) is 3.39. The zero-order valence-corrected chi connectivity index (χ0v) is 29.6. The Labute approximate surface area is 286 Å². The van der Waals surface area contributed by atoms with E-state index in [4.69, 9.17) is 21.1 Å². The number of hydrogen-bond donors (Lipinski definition) is 0. The van der Waals surface area contributed by atoms with E-state index in [1.165, 1.54) is 12.4 Å². The molecule has 0 saturated carbocycles. The fourth-order valence-corrected chi connectivity index (χ4v) is 3.92. The molecule has 0 aliphatic heterocycles. The first-order valence-electron chi connectivity index (χ1n) is 13.8. The van der Waals surface area contributed by atoms with Crippen LogP contribution in [0, 0.1) is 22.5 Å². The molecule has 0 bridgehead atoms. The number of hydrogen-bond acceptors (Lipinski definition) is 7. The van der Waals surface area contributed by atoms with Crippen LogP contribution in [-0.2, 0) is 51.8 Å². The van der Waals surface area contributed by atoms with Gasteiger partial charge in [0, 0.05) is 57.5 Å². The maximum atomic E-state index is 11.7. The van der Waals surface area contributed by atoms with Crippen molar-refractivity contribution in [1.29, 1.82) is 0 Å². The van der Waals surface area contributed by atoms with Crippen LogP contribution < -0.4 is 4.73 Å². The summed E-state index contributed by atoms with van der Waals surface area (Å²) in [5.41, 5.74) is 1.89. The van der Waals surface area contributed by atoms with Crippen LogP contribution in [0.15, 0.2) is 80.2 Å². The molecular weight excluding hydrogens is 643 g/mol. The Bertz CT molecular complexity index is 1210. The second kappa shape index (κ2) is 21.0. The van der Waals surface area contributed by atoms with E-state index < -0.39 is 10.8 Å². The van der Waals surface area contributed by atoms with Gasteiger partial charge in [0.15, 0.2) is 0 Å². The fraction of sp³-hybridized carbons (Fsp3) is 0.394. The number of nitrogens with zero attached hydrogens (tertiary/aromatic N) is 3.